The molecule has 0 aliphatic heterocycles. The van der Waals surface area contributed by atoms with Crippen molar-refractivity contribution in [2.24, 2.45) is 0 Å². The molecule has 0 unspecified atom stereocenters. The van der Waals surface area contributed by atoms with Crippen molar-refractivity contribution in [3.05, 3.63) is 59.9 Å². The minimum atomic E-state index is -0.335. The number of phenolic OH excluding ortho intramolecular Hbond substituents is 1. The zero-order valence-corrected chi connectivity index (χ0v) is 11.2. The van der Waals surface area contributed by atoms with Gasteiger partial charge in [0, 0.05) is 17.8 Å². The van der Waals surface area contributed by atoms with Gasteiger partial charge in [-0.1, -0.05) is 18.2 Å². The van der Waals surface area contributed by atoms with Crippen molar-refractivity contribution in [1.29, 1.82) is 0 Å². The van der Waals surface area contributed by atoms with Gasteiger partial charge in [0.1, 0.15) is 11.6 Å². The van der Waals surface area contributed by atoms with Crippen LogP contribution in [0.5, 0.6) is 5.75 Å². The number of aromatic hydroxyl groups is 1. The number of benzene rings is 2. The number of phenols is 1. The average molecular weight is 273 g/mol. The van der Waals surface area contributed by atoms with Gasteiger partial charge >= 0.3 is 0 Å². The second kappa shape index (κ2) is 6.19. The number of likely N-dealkylation sites (N-methyl/N-ethyl adjacent to an activating group) is 1. The molecule has 0 saturated carbocycles. The fraction of sp³-hybridized carbons (Fsp3) is 0.188. The van der Waals surface area contributed by atoms with Gasteiger partial charge in [-0.05, 0) is 37.3 Å². The summed E-state index contributed by atoms with van der Waals surface area (Å²) < 4.78 is 12.9. The van der Waals surface area contributed by atoms with E-state index in [1.54, 1.807) is 41.3 Å². The zero-order chi connectivity index (χ0) is 14.5. The van der Waals surface area contributed by atoms with Crippen LogP contribution in [0.1, 0.15) is 12.5 Å². The number of anilines is 1. The predicted molar refractivity (Wildman–Crippen MR) is 76.2 cm³/mol. The SMILES string of the molecule is CCN(C(=O)Cc1ccccc1O)c1ccc(F)cc1. The summed E-state index contributed by atoms with van der Waals surface area (Å²) >= 11 is 0. The molecule has 20 heavy (non-hydrogen) atoms. The molecule has 0 heterocycles. The van der Waals surface area contributed by atoms with Gasteiger partial charge < -0.3 is 10.0 Å². The quantitative estimate of drug-likeness (QED) is 0.929. The van der Waals surface area contributed by atoms with Gasteiger partial charge in [-0.15, -0.1) is 0 Å². The van der Waals surface area contributed by atoms with E-state index in [0.29, 0.717) is 17.8 Å². The van der Waals surface area contributed by atoms with Crippen LogP contribution in [0.15, 0.2) is 48.5 Å². The van der Waals surface area contributed by atoms with E-state index in [1.165, 1.54) is 12.1 Å². The van der Waals surface area contributed by atoms with Crippen molar-refractivity contribution in [1.82, 2.24) is 0 Å². The molecule has 2 aromatic carbocycles. The first-order chi connectivity index (χ1) is 9.61. The second-order valence-electron chi connectivity index (χ2n) is 4.42. The molecule has 0 spiro atoms. The molecule has 0 aromatic heterocycles. The van der Waals surface area contributed by atoms with E-state index in [1.807, 2.05) is 6.92 Å². The minimum Gasteiger partial charge on any atom is -0.508 e. The molecule has 0 fully saturated rings. The molecule has 2 rings (SSSR count). The van der Waals surface area contributed by atoms with Crippen molar-refractivity contribution in [3.8, 4) is 5.75 Å². The molecule has 0 bridgehead atoms. The summed E-state index contributed by atoms with van der Waals surface area (Å²) in [5, 5.41) is 9.70. The lowest BCUT2D eigenvalue weighted by Crippen LogP contribution is -2.32. The van der Waals surface area contributed by atoms with Crippen LogP contribution in [-0.4, -0.2) is 17.6 Å². The third-order valence-corrected chi connectivity index (χ3v) is 3.09. The highest BCUT2D eigenvalue weighted by Gasteiger charge is 2.15. The number of nitrogens with zero attached hydrogens (tertiary/aromatic N) is 1. The summed E-state index contributed by atoms with van der Waals surface area (Å²) in [6, 6.07) is 12.5. The van der Waals surface area contributed by atoms with E-state index < -0.39 is 0 Å². The largest absolute Gasteiger partial charge is 0.508 e. The number of rotatable bonds is 4. The molecule has 0 aliphatic carbocycles. The van der Waals surface area contributed by atoms with Crippen molar-refractivity contribution in [2.75, 3.05) is 11.4 Å². The summed E-state index contributed by atoms with van der Waals surface area (Å²) in [6.07, 6.45) is 0.109. The lowest BCUT2D eigenvalue weighted by molar-refractivity contribution is -0.118. The topological polar surface area (TPSA) is 40.5 Å². The predicted octanol–water partition coefficient (Wildman–Crippen LogP) is 3.13. The maximum Gasteiger partial charge on any atom is 0.231 e. The molecule has 2 aromatic rings. The van der Waals surface area contributed by atoms with Crippen LogP contribution in [0.25, 0.3) is 0 Å². The number of para-hydroxylation sites is 1. The summed E-state index contributed by atoms with van der Waals surface area (Å²) in [4.78, 5) is 13.9. The van der Waals surface area contributed by atoms with Gasteiger partial charge in [-0.25, -0.2) is 4.39 Å². The normalized spacial score (nSPS) is 10.3. The molecule has 0 atom stereocenters. The van der Waals surface area contributed by atoms with Crippen molar-refractivity contribution < 1.29 is 14.3 Å². The van der Waals surface area contributed by atoms with Gasteiger partial charge in [0.25, 0.3) is 0 Å². The fourth-order valence-corrected chi connectivity index (χ4v) is 2.04. The molecular formula is C16H16FNO2. The van der Waals surface area contributed by atoms with E-state index in [4.69, 9.17) is 0 Å². The Morgan fingerprint density at radius 1 is 1.15 bits per heavy atom. The van der Waals surface area contributed by atoms with E-state index in [2.05, 4.69) is 0 Å². The molecular weight excluding hydrogens is 257 g/mol. The van der Waals surface area contributed by atoms with Crippen molar-refractivity contribution >= 4 is 11.6 Å². The molecule has 0 radical (unpaired) electrons. The maximum atomic E-state index is 12.9. The Kier molecular flexibility index (Phi) is 4.35. The summed E-state index contributed by atoms with van der Waals surface area (Å²) in [5.41, 5.74) is 1.23. The Balaban J connectivity index is 2.18. The van der Waals surface area contributed by atoms with E-state index in [0.717, 1.165) is 0 Å². The van der Waals surface area contributed by atoms with Crippen LogP contribution in [0.2, 0.25) is 0 Å². The van der Waals surface area contributed by atoms with Crippen molar-refractivity contribution in [2.45, 2.75) is 13.3 Å². The minimum absolute atomic E-state index is 0.107. The molecule has 0 saturated heterocycles. The lowest BCUT2D eigenvalue weighted by Gasteiger charge is -2.21. The van der Waals surface area contributed by atoms with Crippen LogP contribution in [-0.2, 0) is 11.2 Å². The standard InChI is InChI=1S/C16H16FNO2/c1-2-18(14-9-7-13(17)8-10-14)16(20)11-12-5-3-4-6-15(12)19/h3-10,19H,2,11H2,1H3. The second-order valence-corrected chi connectivity index (χ2v) is 4.42. The first-order valence-corrected chi connectivity index (χ1v) is 6.44. The van der Waals surface area contributed by atoms with Gasteiger partial charge in [-0.2, -0.15) is 0 Å². The lowest BCUT2D eigenvalue weighted by atomic mass is 10.1. The highest BCUT2D eigenvalue weighted by molar-refractivity contribution is 5.94. The smallest absolute Gasteiger partial charge is 0.231 e. The molecule has 1 N–H and O–H groups in total. The highest BCUT2D eigenvalue weighted by atomic mass is 19.1. The summed E-state index contributed by atoms with van der Waals surface area (Å²) in [6.45, 7) is 2.34. The monoisotopic (exact) mass is 273 g/mol. The van der Waals surface area contributed by atoms with Gasteiger partial charge in [0.05, 0.1) is 6.42 Å². The van der Waals surface area contributed by atoms with E-state index >= 15 is 0 Å². The van der Waals surface area contributed by atoms with Gasteiger partial charge in [0.15, 0.2) is 0 Å². The summed E-state index contributed by atoms with van der Waals surface area (Å²) in [7, 11) is 0. The van der Waals surface area contributed by atoms with Crippen LogP contribution in [0, 0.1) is 5.82 Å². The molecule has 0 aliphatic rings. The first-order valence-electron chi connectivity index (χ1n) is 6.44. The Bertz CT molecular complexity index is 596. The van der Waals surface area contributed by atoms with Crippen LogP contribution < -0.4 is 4.90 Å². The number of amides is 1. The number of halogens is 1. The Morgan fingerprint density at radius 2 is 1.80 bits per heavy atom. The van der Waals surface area contributed by atoms with Crippen LogP contribution in [0.4, 0.5) is 10.1 Å². The van der Waals surface area contributed by atoms with Crippen LogP contribution in [0.3, 0.4) is 0 Å². The first kappa shape index (κ1) is 14.1. The zero-order valence-electron chi connectivity index (χ0n) is 11.2. The average Bonchev–Trinajstić information content (AvgIpc) is 2.44. The highest BCUT2D eigenvalue weighted by Crippen LogP contribution is 2.20. The molecule has 1 amide bonds. The van der Waals surface area contributed by atoms with Crippen LogP contribution >= 0.6 is 0 Å². The number of hydrogen-bond acceptors (Lipinski definition) is 2. The third kappa shape index (κ3) is 3.15. The van der Waals surface area contributed by atoms with Crippen molar-refractivity contribution in [3.63, 3.8) is 0 Å². The molecule has 104 valence electrons. The van der Waals surface area contributed by atoms with Gasteiger partial charge in [0.2, 0.25) is 5.91 Å². The van der Waals surface area contributed by atoms with E-state index in [-0.39, 0.29) is 23.9 Å². The number of carbonyl (C=O) groups excluding carboxylic acids is 1. The maximum absolute atomic E-state index is 12.9. The number of carbonyl (C=O) groups is 1. The molecule has 4 heteroatoms. The fourth-order valence-electron chi connectivity index (χ4n) is 2.04. The molecule has 3 nitrogen and oxygen atoms in total. The summed E-state index contributed by atoms with van der Waals surface area (Å²) in [5.74, 6) is -0.366. The van der Waals surface area contributed by atoms with Gasteiger partial charge in [-0.3, -0.25) is 4.79 Å². The Hall–Kier alpha value is -2.36. The number of hydrogen-bond donors (Lipinski definition) is 1. The van der Waals surface area contributed by atoms with E-state index in [9.17, 15) is 14.3 Å². The Labute approximate surface area is 117 Å². The third-order valence-electron chi connectivity index (χ3n) is 3.09. The Morgan fingerprint density at radius 3 is 2.40 bits per heavy atom.